The summed E-state index contributed by atoms with van der Waals surface area (Å²) in [5, 5.41) is 12.0. The average Bonchev–Trinajstić information content (AvgIpc) is 2.46. The molecule has 0 saturated carbocycles. The van der Waals surface area contributed by atoms with Crippen LogP contribution < -0.4 is 5.32 Å². The van der Waals surface area contributed by atoms with Gasteiger partial charge in [-0.3, -0.25) is 4.79 Å². The molecule has 1 atom stereocenters. The quantitative estimate of drug-likeness (QED) is 0.782. The minimum atomic E-state index is -3.76. The molecular formula is C14H22N2O4S. The summed E-state index contributed by atoms with van der Waals surface area (Å²) in [5.74, 6) is -0.362. The Morgan fingerprint density at radius 2 is 2.10 bits per heavy atom. The summed E-state index contributed by atoms with van der Waals surface area (Å²) in [4.78, 5) is 11.6. The van der Waals surface area contributed by atoms with Crippen LogP contribution in [0.5, 0.6) is 0 Å². The van der Waals surface area contributed by atoms with Gasteiger partial charge in [-0.2, -0.15) is 4.31 Å². The Labute approximate surface area is 125 Å². The fourth-order valence-corrected chi connectivity index (χ4v) is 3.40. The van der Waals surface area contributed by atoms with Gasteiger partial charge in [0.15, 0.2) is 0 Å². The summed E-state index contributed by atoms with van der Waals surface area (Å²) in [5.41, 5.74) is 0.521. The first-order chi connectivity index (χ1) is 9.82. The number of aliphatic hydroxyl groups excluding tert-OH is 1. The molecule has 1 unspecified atom stereocenters. The zero-order valence-electron chi connectivity index (χ0n) is 12.5. The molecule has 0 heterocycles. The highest BCUT2D eigenvalue weighted by Gasteiger charge is 2.26. The van der Waals surface area contributed by atoms with E-state index in [9.17, 15) is 18.3 Å². The Bertz CT molecular complexity index is 584. The van der Waals surface area contributed by atoms with Crippen LogP contribution in [0.3, 0.4) is 0 Å². The van der Waals surface area contributed by atoms with Crippen LogP contribution in [0.2, 0.25) is 0 Å². The van der Waals surface area contributed by atoms with E-state index in [4.69, 9.17) is 0 Å². The summed E-state index contributed by atoms with van der Waals surface area (Å²) < 4.78 is 26.4. The van der Waals surface area contributed by atoms with Gasteiger partial charge >= 0.3 is 0 Å². The van der Waals surface area contributed by atoms with Gasteiger partial charge in [-0.15, -0.1) is 0 Å². The van der Waals surface area contributed by atoms with Crippen LogP contribution in [0.25, 0.3) is 0 Å². The second kappa shape index (κ2) is 7.53. The molecule has 0 aliphatic carbocycles. The molecule has 0 bridgehead atoms. The number of likely N-dealkylation sites (N-methyl/N-ethyl adjacent to an activating group) is 1. The van der Waals surface area contributed by atoms with Crippen molar-refractivity contribution < 1.29 is 18.3 Å². The first kappa shape index (κ1) is 17.6. The number of aliphatic hydroxyl groups is 1. The highest BCUT2D eigenvalue weighted by atomic mass is 32.2. The van der Waals surface area contributed by atoms with Crippen molar-refractivity contribution in [3.8, 4) is 0 Å². The van der Waals surface area contributed by atoms with Crippen molar-refractivity contribution in [1.82, 2.24) is 9.62 Å². The second-order valence-corrected chi connectivity index (χ2v) is 6.70. The molecule has 1 aromatic rings. The van der Waals surface area contributed by atoms with Crippen molar-refractivity contribution >= 4 is 15.9 Å². The maximum atomic E-state index is 12.6. The predicted octanol–water partition coefficient (Wildman–Crippen LogP) is 0.887. The molecule has 7 heteroatoms. The zero-order chi connectivity index (χ0) is 16.0. The Hall–Kier alpha value is -1.44. The molecule has 0 aliphatic rings. The molecule has 118 valence electrons. The molecule has 0 saturated heterocycles. The van der Waals surface area contributed by atoms with Gasteiger partial charge in [-0.1, -0.05) is 19.1 Å². The van der Waals surface area contributed by atoms with Gasteiger partial charge in [0.25, 0.3) is 0 Å². The monoisotopic (exact) mass is 314 g/mol. The molecule has 0 aromatic heterocycles. The summed E-state index contributed by atoms with van der Waals surface area (Å²) in [6.07, 6.45) is -0.148. The smallest absolute Gasteiger partial charge is 0.243 e. The summed E-state index contributed by atoms with van der Waals surface area (Å²) in [7, 11) is -2.30. The van der Waals surface area contributed by atoms with E-state index < -0.39 is 16.1 Å². The number of nitrogens with one attached hydrogen (secondary N) is 1. The minimum absolute atomic E-state index is 0.0817. The second-order valence-electron chi connectivity index (χ2n) is 4.76. The number of carbonyl (C=O) groups is 1. The topological polar surface area (TPSA) is 86.7 Å². The van der Waals surface area contributed by atoms with E-state index in [-0.39, 0.29) is 23.9 Å². The SMILES string of the molecule is CCCN(CC(=O)NC)S(=O)(=O)c1cccc(C(C)O)c1. The van der Waals surface area contributed by atoms with E-state index in [0.717, 1.165) is 4.31 Å². The van der Waals surface area contributed by atoms with Crippen LogP contribution in [-0.4, -0.2) is 43.9 Å². The average molecular weight is 314 g/mol. The van der Waals surface area contributed by atoms with Crippen LogP contribution in [0, 0.1) is 0 Å². The number of hydrogen-bond donors (Lipinski definition) is 2. The lowest BCUT2D eigenvalue weighted by Crippen LogP contribution is -2.40. The summed E-state index contributed by atoms with van der Waals surface area (Å²) >= 11 is 0. The van der Waals surface area contributed by atoms with Gasteiger partial charge in [0.05, 0.1) is 17.5 Å². The summed E-state index contributed by atoms with van der Waals surface area (Å²) in [6.45, 7) is 3.46. The number of carbonyl (C=O) groups excluding carboxylic acids is 1. The molecule has 0 aliphatic heterocycles. The van der Waals surface area contributed by atoms with Gasteiger partial charge in [-0.05, 0) is 31.0 Å². The molecular weight excluding hydrogens is 292 g/mol. The summed E-state index contributed by atoms with van der Waals surface area (Å²) in [6, 6.07) is 6.14. The maximum absolute atomic E-state index is 12.6. The van der Waals surface area contributed by atoms with Crippen molar-refractivity contribution in [3.63, 3.8) is 0 Å². The standard InChI is InChI=1S/C14H22N2O4S/c1-4-8-16(10-14(18)15-3)21(19,20)13-7-5-6-12(9-13)11(2)17/h5-7,9,11,17H,4,8,10H2,1-3H3,(H,15,18). The van der Waals surface area contributed by atoms with Gasteiger partial charge in [0, 0.05) is 13.6 Å². The molecule has 21 heavy (non-hydrogen) atoms. The van der Waals surface area contributed by atoms with Crippen LogP contribution >= 0.6 is 0 Å². The van der Waals surface area contributed by atoms with Crippen molar-refractivity contribution in [3.05, 3.63) is 29.8 Å². The molecule has 0 spiro atoms. The number of hydrogen-bond acceptors (Lipinski definition) is 4. The highest BCUT2D eigenvalue weighted by molar-refractivity contribution is 7.89. The van der Waals surface area contributed by atoms with E-state index in [0.29, 0.717) is 12.0 Å². The fraction of sp³-hybridized carbons (Fsp3) is 0.500. The van der Waals surface area contributed by atoms with Gasteiger partial charge in [0.1, 0.15) is 0 Å². The van der Waals surface area contributed by atoms with E-state index in [1.54, 1.807) is 19.1 Å². The number of sulfonamides is 1. The predicted molar refractivity (Wildman–Crippen MR) is 80.2 cm³/mol. The Morgan fingerprint density at radius 3 is 2.62 bits per heavy atom. The number of rotatable bonds is 7. The van der Waals surface area contributed by atoms with Crippen molar-refractivity contribution in [2.24, 2.45) is 0 Å². The molecule has 1 amide bonds. The van der Waals surface area contributed by atoms with Crippen LogP contribution in [0.1, 0.15) is 31.9 Å². The first-order valence-corrected chi connectivity index (χ1v) is 8.25. The lowest BCUT2D eigenvalue weighted by atomic mass is 10.1. The number of benzene rings is 1. The van der Waals surface area contributed by atoms with Crippen LogP contribution in [0.4, 0.5) is 0 Å². The maximum Gasteiger partial charge on any atom is 0.243 e. The zero-order valence-corrected chi connectivity index (χ0v) is 13.4. The molecule has 2 N–H and O–H groups in total. The fourth-order valence-electron chi connectivity index (χ4n) is 1.86. The third-order valence-corrected chi connectivity index (χ3v) is 4.89. The lowest BCUT2D eigenvalue weighted by molar-refractivity contribution is -0.120. The normalized spacial score (nSPS) is 13.2. The van der Waals surface area contributed by atoms with E-state index in [2.05, 4.69) is 5.32 Å². The molecule has 1 aromatic carbocycles. The molecule has 0 fully saturated rings. The molecule has 0 radical (unpaired) electrons. The lowest BCUT2D eigenvalue weighted by Gasteiger charge is -2.21. The number of nitrogens with zero attached hydrogens (tertiary/aromatic N) is 1. The van der Waals surface area contributed by atoms with E-state index in [1.807, 2.05) is 6.92 Å². The van der Waals surface area contributed by atoms with Gasteiger partial charge < -0.3 is 10.4 Å². The van der Waals surface area contributed by atoms with Crippen LogP contribution in [0.15, 0.2) is 29.2 Å². The van der Waals surface area contributed by atoms with Crippen molar-refractivity contribution in [1.29, 1.82) is 0 Å². The minimum Gasteiger partial charge on any atom is -0.389 e. The van der Waals surface area contributed by atoms with E-state index >= 15 is 0 Å². The third-order valence-electron chi connectivity index (χ3n) is 3.05. The van der Waals surface area contributed by atoms with Crippen molar-refractivity contribution in [2.45, 2.75) is 31.3 Å². The first-order valence-electron chi connectivity index (χ1n) is 6.81. The van der Waals surface area contributed by atoms with Gasteiger partial charge in [-0.25, -0.2) is 8.42 Å². The Kier molecular flexibility index (Phi) is 6.32. The highest BCUT2D eigenvalue weighted by Crippen LogP contribution is 2.20. The van der Waals surface area contributed by atoms with E-state index in [1.165, 1.54) is 19.2 Å². The molecule has 6 nitrogen and oxygen atoms in total. The Balaban J connectivity index is 3.16. The number of amides is 1. The van der Waals surface area contributed by atoms with Gasteiger partial charge in [0.2, 0.25) is 15.9 Å². The Morgan fingerprint density at radius 1 is 1.43 bits per heavy atom. The molecule has 1 rings (SSSR count). The third kappa shape index (κ3) is 4.52. The van der Waals surface area contributed by atoms with Crippen molar-refractivity contribution in [2.75, 3.05) is 20.1 Å². The largest absolute Gasteiger partial charge is 0.389 e. The van der Waals surface area contributed by atoms with Crippen LogP contribution in [-0.2, 0) is 14.8 Å².